The van der Waals surface area contributed by atoms with Crippen LogP contribution in [-0.4, -0.2) is 39.1 Å². The molecule has 1 unspecified atom stereocenters. The quantitative estimate of drug-likeness (QED) is 0.142. The molecule has 1 aromatic rings. The van der Waals surface area contributed by atoms with Gasteiger partial charge in [-0.25, -0.2) is 0 Å². The highest BCUT2D eigenvalue weighted by atomic mass is 32.2. The largest absolute Gasteiger partial charge is 0.469 e. The SMILES string of the molecule is CCCCCCCCC(CCSCCCCC(=O)OC)OS(=O)(=O)c1ccc(C)cc1. The molecule has 7 heteroatoms. The summed E-state index contributed by atoms with van der Waals surface area (Å²) in [6.07, 6.45) is 10.4. The van der Waals surface area contributed by atoms with Gasteiger partial charge in [0.1, 0.15) is 0 Å². The number of esters is 1. The van der Waals surface area contributed by atoms with Crippen molar-refractivity contribution in [3.8, 4) is 0 Å². The van der Waals surface area contributed by atoms with E-state index in [9.17, 15) is 13.2 Å². The van der Waals surface area contributed by atoms with Gasteiger partial charge in [-0.05, 0) is 56.2 Å². The average molecular weight is 473 g/mol. The van der Waals surface area contributed by atoms with Gasteiger partial charge in [-0.3, -0.25) is 8.98 Å². The Morgan fingerprint density at radius 3 is 2.29 bits per heavy atom. The first-order valence-corrected chi connectivity index (χ1v) is 14.1. The van der Waals surface area contributed by atoms with E-state index in [4.69, 9.17) is 4.18 Å². The predicted octanol–water partition coefficient (Wildman–Crippen LogP) is 6.29. The van der Waals surface area contributed by atoms with Crippen molar-refractivity contribution < 1.29 is 22.1 Å². The van der Waals surface area contributed by atoms with Crippen molar-refractivity contribution in [1.82, 2.24) is 0 Å². The van der Waals surface area contributed by atoms with Crippen LogP contribution in [0.3, 0.4) is 0 Å². The maximum atomic E-state index is 12.7. The Morgan fingerprint density at radius 1 is 0.935 bits per heavy atom. The van der Waals surface area contributed by atoms with Crippen LogP contribution in [0, 0.1) is 6.92 Å². The van der Waals surface area contributed by atoms with Crippen LogP contribution in [-0.2, 0) is 23.8 Å². The summed E-state index contributed by atoms with van der Waals surface area (Å²) in [5.74, 6) is 1.63. The second-order valence-electron chi connectivity index (χ2n) is 7.98. The lowest BCUT2D eigenvalue weighted by molar-refractivity contribution is -0.140. The predicted molar refractivity (Wildman–Crippen MR) is 129 cm³/mol. The lowest BCUT2D eigenvalue weighted by Gasteiger charge is -2.18. The Morgan fingerprint density at radius 2 is 1.61 bits per heavy atom. The van der Waals surface area contributed by atoms with Crippen molar-refractivity contribution in [3.63, 3.8) is 0 Å². The van der Waals surface area contributed by atoms with Crippen LogP contribution in [0.2, 0.25) is 0 Å². The molecule has 0 aliphatic rings. The van der Waals surface area contributed by atoms with E-state index in [1.807, 2.05) is 6.92 Å². The Kier molecular flexibility index (Phi) is 15.0. The van der Waals surface area contributed by atoms with E-state index in [0.717, 1.165) is 49.2 Å². The van der Waals surface area contributed by atoms with Crippen molar-refractivity contribution in [1.29, 1.82) is 0 Å². The maximum absolute atomic E-state index is 12.7. The topological polar surface area (TPSA) is 69.7 Å². The van der Waals surface area contributed by atoms with E-state index < -0.39 is 10.1 Å². The smallest absolute Gasteiger partial charge is 0.305 e. The van der Waals surface area contributed by atoms with Crippen molar-refractivity contribution in [2.24, 2.45) is 0 Å². The second-order valence-corrected chi connectivity index (χ2v) is 10.8. The molecule has 1 rings (SSSR count). The number of hydrogen-bond donors (Lipinski definition) is 0. The van der Waals surface area contributed by atoms with Crippen LogP contribution in [0.25, 0.3) is 0 Å². The van der Waals surface area contributed by atoms with Gasteiger partial charge in [-0.2, -0.15) is 20.2 Å². The third-order valence-electron chi connectivity index (χ3n) is 5.18. The molecule has 0 saturated carbocycles. The van der Waals surface area contributed by atoms with E-state index in [0.29, 0.717) is 12.8 Å². The molecular weight excluding hydrogens is 432 g/mol. The van der Waals surface area contributed by atoms with E-state index in [1.54, 1.807) is 36.0 Å². The van der Waals surface area contributed by atoms with E-state index in [1.165, 1.54) is 32.8 Å². The summed E-state index contributed by atoms with van der Waals surface area (Å²) in [4.78, 5) is 11.4. The highest BCUT2D eigenvalue weighted by Crippen LogP contribution is 2.22. The molecule has 5 nitrogen and oxygen atoms in total. The molecule has 0 spiro atoms. The van der Waals surface area contributed by atoms with Crippen molar-refractivity contribution in [2.75, 3.05) is 18.6 Å². The molecule has 1 aromatic carbocycles. The third-order valence-corrected chi connectivity index (χ3v) is 7.66. The Hall–Kier alpha value is -1.05. The molecule has 0 aliphatic carbocycles. The summed E-state index contributed by atoms with van der Waals surface area (Å²) < 4.78 is 35.8. The standard InChI is InChI=1S/C24H40O5S2/c1-4-5-6-7-8-9-12-22(18-20-30-19-11-10-13-24(25)28-3)29-31(26,27)23-16-14-21(2)15-17-23/h14-17,22H,4-13,18-20H2,1-3H3. The number of benzene rings is 1. The maximum Gasteiger partial charge on any atom is 0.305 e. The first kappa shape index (κ1) is 28.0. The van der Waals surface area contributed by atoms with Gasteiger partial charge in [-0.1, -0.05) is 63.1 Å². The fourth-order valence-corrected chi connectivity index (χ4v) is 5.40. The van der Waals surface area contributed by atoms with Gasteiger partial charge >= 0.3 is 5.97 Å². The molecule has 178 valence electrons. The summed E-state index contributed by atoms with van der Waals surface area (Å²) in [5.41, 5.74) is 1.02. The molecule has 0 fully saturated rings. The van der Waals surface area contributed by atoms with Crippen LogP contribution >= 0.6 is 11.8 Å². The monoisotopic (exact) mass is 472 g/mol. The minimum Gasteiger partial charge on any atom is -0.469 e. The van der Waals surface area contributed by atoms with Gasteiger partial charge in [-0.15, -0.1) is 0 Å². The molecular formula is C24H40O5S2. The summed E-state index contributed by atoms with van der Waals surface area (Å²) >= 11 is 1.79. The minimum absolute atomic E-state index is 0.168. The van der Waals surface area contributed by atoms with Crippen LogP contribution in [0.15, 0.2) is 29.2 Å². The number of methoxy groups -OCH3 is 1. The van der Waals surface area contributed by atoms with Crippen LogP contribution in [0.4, 0.5) is 0 Å². The molecule has 0 aromatic heterocycles. The number of ether oxygens (including phenoxy) is 1. The average Bonchev–Trinajstić information content (AvgIpc) is 2.75. The Balaban J connectivity index is 2.48. The van der Waals surface area contributed by atoms with Gasteiger partial charge in [0.2, 0.25) is 0 Å². The molecule has 0 saturated heterocycles. The van der Waals surface area contributed by atoms with Gasteiger partial charge in [0.05, 0.1) is 18.1 Å². The van der Waals surface area contributed by atoms with Crippen LogP contribution in [0.5, 0.6) is 0 Å². The zero-order valence-electron chi connectivity index (χ0n) is 19.4. The van der Waals surface area contributed by atoms with E-state index in [-0.39, 0.29) is 17.0 Å². The molecule has 1 atom stereocenters. The highest BCUT2D eigenvalue weighted by Gasteiger charge is 2.21. The number of thioether (sulfide) groups is 1. The summed E-state index contributed by atoms with van der Waals surface area (Å²) in [7, 11) is -2.34. The second kappa shape index (κ2) is 16.6. The molecule has 0 heterocycles. The molecule has 0 radical (unpaired) electrons. The number of rotatable bonds is 18. The van der Waals surface area contributed by atoms with Gasteiger partial charge in [0.15, 0.2) is 0 Å². The molecule has 0 N–H and O–H groups in total. The van der Waals surface area contributed by atoms with Gasteiger partial charge in [0, 0.05) is 6.42 Å². The van der Waals surface area contributed by atoms with Gasteiger partial charge < -0.3 is 4.74 Å². The fraction of sp³-hybridized carbons (Fsp3) is 0.708. The first-order valence-electron chi connectivity index (χ1n) is 11.5. The van der Waals surface area contributed by atoms with E-state index in [2.05, 4.69) is 11.7 Å². The minimum atomic E-state index is -3.75. The Bertz CT molecular complexity index is 701. The Labute approximate surface area is 193 Å². The lowest BCUT2D eigenvalue weighted by atomic mass is 10.1. The fourth-order valence-electron chi connectivity index (χ4n) is 3.22. The normalized spacial score (nSPS) is 12.6. The number of carbonyl (C=O) groups excluding carboxylic acids is 1. The first-order chi connectivity index (χ1) is 14.9. The van der Waals surface area contributed by atoms with Crippen LogP contribution in [0.1, 0.15) is 83.1 Å². The van der Waals surface area contributed by atoms with Crippen molar-refractivity contribution in [2.45, 2.75) is 95.5 Å². The number of hydrogen-bond acceptors (Lipinski definition) is 6. The van der Waals surface area contributed by atoms with Crippen LogP contribution < -0.4 is 0 Å². The van der Waals surface area contributed by atoms with Crippen molar-refractivity contribution >= 4 is 27.8 Å². The zero-order valence-corrected chi connectivity index (χ0v) is 21.1. The zero-order chi connectivity index (χ0) is 23.0. The molecule has 0 amide bonds. The number of aryl methyl sites for hydroxylation is 1. The number of unbranched alkanes of at least 4 members (excludes halogenated alkanes) is 6. The summed E-state index contributed by atoms with van der Waals surface area (Å²) in [5, 5.41) is 0. The molecule has 31 heavy (non-hydrogen) atoms. The summed E-state index contributed by atoms with van der Waals surface area (Å²) in [6, 6.07) is 6.82. The van der Waals surface area contributed by atoms with Gasteiger partial charge in [0.25, 0.3) is 10.1 Å². The third kappa shape index (κ3) is 13.2. The highest BCUT2D eigenvalue weighted by molar-refractivity contribution is 7.99. The molecule has 0 bridgehead atoms. The summed E-state index contributed by atoms with van der Waals surface area (Å²) in [6.45, 7) is 4.13. The molecule has 0 aliphatic heterocycles. The van der Waals surface area contributed by atoms with E-state index >= 15 is 0 Å². The van der Waals surface area contributed by atoms with Crippen molar-refractivity contribution in [3.05, 3.63) is 29.8 Å². The lowest BCUT2D eigenvalue weighted by Crippen LogP contribution is -2.20. The number of carbonyl (C=O) groups is 1.